The number of hydrogen-bond acceptors (Lipinski definition) is 3. The fraction of sp³-hybridized carbons (Fsp3) is 0.692. The van der Waals surface area contributed by atoms with Crippen molar-refractivity contribution in [3.63, 3.8) is 0 Å². The van der Waals surface area contributed by atoms with E-state index in [0.29, 0.717) is 6.04 Å². The molecule has 17 heavy (non-hydrogen) atoms. The first-order valence-corrected chi connectivity index (χ1v) is 7.57. The highest BCUT2D eigenvalue weighted by Gasteiger charge is 2.42. The minimum absolute atomic E-state index is 0.239. The Labute approximate surface area is 111 Å². The summed E-state index contributed by atoms with van der Waals surface area (Å²) in [6.07, 6.45) is 6.19. The molecule has 1 aromatic rings. The van der Waals surface area contributed by atoms with E-state index >= 15 is 0 Å². The predicted molar refractivity (Wildman–Crippen MR) is 71.7 cm³/mol. The van der Waals surface area contributed by atoms with Gasteiger partial charge in [0.15, 0.2) is 0 Å². The summed E-state index contributed by atoms with van der Waals surface area (Å²) in [5, 5.41) is 3.65. The summed E-state index contributed by atoms with van der Waals surface area (Å²) in [5.41, 5.74) is 0.239. The highest BCUT2D eigenvalue weighted by atomic mass is 35.5. The summed E-state index contributed by atoms with van der Waals surface area (Å²) in [4.78, 5) is 1.32. The lowest BCUT2D eigenvalue weighted by Gasteiger charge is -2.47. The van der Waals surface area contributed by atoms with Crippen LogP contribution in [-0.2, 0) is 11.3 Å². The van der Waals surface area contributed by atoms with Crippen LogP contribution in [0, 0.1) is 0 Å². The highest BCUT2D eigenvalue weighted by molar-refractivity contribution is 7.16. The zero-order valence-corrected chi connectivity index (χ0v) is 11.4. The number of halogens is 1. The summed E-state index contributed by atoms with van der Waals surface area (Å²) in [7, 11) is 0. The fourth-order valence-electron chi connectivity index (χ4n) is 2.81. The van der Waals surface area contributed by atoms with Crippen LogP contribution in [0.25, 0.3) is 0 Å². The third-order valence-electron chi connectivity index (χ3n) is 3.95. The topological polar surface area (TPSA) is 21.3 Å². The molecule has 0 amide bonds. The number of nitrogens with one attached hydrogen (secondary N) is 1. The molecule has 1 atom stereocenters. The molecule has 2 heterocycles. The molecule has 2 aliphatic rings. The highest BCUT2D eigenvalue weighted by Crippen LogP contribution is 2.42. The summed E-state index contributed by atoms with van der Waals surface area (Å²) >= 11 is 7.60. The Morgan fingerprint density at radius 1 is 1.47 bits per heavy atom. The van der Waals surface area contributed by atoms with Gasteiger partial charge in [0, 0.05) is 24.1 Å². The minimum Gasteiger partial charge on any atom is -0.375 e. The molecule has 1 aliphatic heterocycles. The van der Waals surface area contributed by atoms with Crippen LogP contribution in [0.1, 0.15) is 37.0 Å². The number of rotatable bonds is 3. The molecule has 1 unspecified atom stereocenters. The summed E-state index contributed by atoms with van der Waals surface area (Å²) in [6, 6.07) is 4.70. The minimum atomic E-state index is 0.239. The zero-order chi connectivity index (χ0) is 11.7. The fourth-order valence-corrected chi connectivity index (χ4v) is 3.85. The van der Waals surface area contributed by atoms with Gasteiger partial charge in [0.2, 0.25) is 0 Å². The Morgan fingerprint density at radius 3 is 3.00 bits per heavy atom. The molecule has 1 aromatic heterocycles. The lowest BCUT2D eigenvalue weighted by Crippen LogP contribution is -2.50. The normalized spacial score (nSPS) is 27.0. The average Bonchev–Trinajstić information content (AvgIpc) is 2.71. The molecule has 1 saturated carbocycles. The van der Waals surface area contributed by atoms with Gasteiger partial charge in [0.25, 0.3) is 0 Å². The second-order valence-electron chi connectivity index (χ2n) is 5.16. The van der Waals surface area contributed by atoms with Crippen molar-refractivity contribution in [2.75, 3.05) is 6.61 Å². The maximum absolute atomic E-state index is 5.93. The van der Waals surface area contributed by atoms with Gasteiger partial charge in [-0.1, -0.05) is 11.6 Å². The maximum atomic E-state index is 5.93. The van der Waals surface area contributed by atoms with E-state index in [1.54, 1.807) is 11.3 Å². The SMILES string of the molecule is Clc1ccc(CNC2CCOC3(CCC3)C2)s1. The van der Waals surface area contributed by atoms with E-state index in [-0.39, 0.29) is 5.60 Å². The van der Waals surface area contributed by atoms with Crippen molar-refractivity contribution in [1.29, 1.82) is 0 Å². The molecular weight excluding hydrogens is 254 g/mol. The Balaban J connectivity index is 1.51. The summed E-state index contributed by atoms with van der Waals surface area (Å²) < 4.78 is 6.81. The van der Waals surface area contributed by atoms with Gasteiger partial charge < -0.3 is 10.1 Å². The molecular formula is C13H18ClNOS. The number of thiophene rings is 1. The molecule has 0 aromatic carbocycles. The first-order chi connectivity index (χ1) is 8.26. The van der Waals surface area contributed by atoms with Crippen LogP contribution in [-0.4, -0.2) is 18.2 Å². The molecule has 1 spiro atoms. The zero-order valence-electron chi connectivity index (χ0n) is 9.88. The second kappa shape index (κ2) is 4.88. The molecule has 2 fully saturated rings. The van der Waals surface area contributed by atoms with E-state index in [1.807, 2.05) is 6.07 Å². The Hall–Kier alpha value is -0.0900. The van der Waals surface area contributed by atoms with Gasteiger partial charge >= 0.3 is 0 Å². The smallest absolute Gasteiger partial charge is 0.0931 e. The van der Waals surface area contributed by atoms with Crippen LogP contribution in [0.5, 0.6) is 0 Å². The third-order valence-corrected chi connectivity index (χ3v) is 5.18. The maximum Gasteiger partial charge on any atom is 0.0931 e. The van der Waals surface area contributed by atoms with E-state index in [4.69, 9.17) is 16.3 Å². The van der Waals surface area contributed by atoms with Crippen LogP contribution < -0.4 is 5.32 Å². The van der Waals surface area contributed by atoms with Crippen molar-refractivity contribution >= 4 is 22.9 Å². The van der Waals surface area contributed by atoms with Crippen LogP contribution in [0.4, 0.5) is 0 Å². The first kappa shape index (κ1) is 12.0. The largest absolute Gasteiger partial charge is 0.375 e. The van der Waals surface area contributed by atoms with Gasteiger partial charge in [0.1, 0.15) is 0 Å². The Kier molecular flexibility index (Phi) is 3.44. The van der Waals surface area contributed by atoms with E-state index in [1.165, 1.54) is 30.6 Å². The Bertz CT molecular complexity index is 389. The van der Waals surface area contributed by atoms with Gasteiger partial charge in [-0.15, -0.1) is 11.3 Å². The van der Waals surface area contributed by atoms with Gasteiger partial charge in [-0.3, -0.25) is 0 Å². The van der Waals surface area contributed by atoms with Crippen molar-refractivity contribution in [1.82, 2.24) is 5.32 Å². The van der Waals surface area contributed by atoms with Crippen molar-refractivity contribution in [3.8, 4) is 0 Å². The van der Waals surface area contributed by atoms with E-state index in [9.17, 15) is 0 Å². The molecule has 0 bridgehead atoms. The number of ether oxygens (including phenoxy) is 1. The van der Waals surface area contributed by atoms with Crippen molar-refractivity contribution in [2.45, 2.75) is 50.3 Å². The van der Waals surface area contributed by atoms with Crippen molar-refractivity contribution in [3.05, 3.63) is 21.3 Å². The molecule has 0 radical (unpaired) electrons. The van der Waals surface area contributed by atoms with Crippen LogP contribution in [0.2, 0.25) is 4.34 Å². The Morgan fingerprint density at radius 2 is 2.35 bits per heavy atom. The van der Waals surface area contributed by atoms with E-state index in [2.05, 4.69) is 11.4 Å². The molecule has 2 nitrogen and oxygen atoms in total. The molecule has 1 saturated heterocycles. The number of hydrogen-bond donors (Lipinski definition) is 1. The lowest BCUT2D eigenvalue weighted by atomic mass is 9.74. The second-order valence-corrected chi connectivity index (χ2v) is 6.96. The molecule has 1 N–H and O–H groups in total. The van der Waals surface area contributed by atoms with Crippen LogP contribution in [0.3, 0.4) is 0 Å². The molecule has 94 valence electrons. The predicted octanol–water partition coefficient (Wildman–Crippen LogP) is 3.59. The molecule has 4 heteroatoms. The van der Waals surface area contributed by atoms with Gasteiger partial charge in [-0.05, 0) is 44.2 Å². The first-order valence-electron chi connectivity index (χ1n) is 6.37. The summed E-state index contributed by atoms with van der Waals surface area (Å²) in [6.45, 7) is 1.86. The standard InChI is InChI=1S/C13H18ClNOS/c14-12-3-2-11(17-12)9-15-10-4-7-16-13(8-10)5-1-6-13/h2-3,10,15H,1,4-9H2. The van der Waals surface area contributed by atoms with Crippen LogP contribution in [0.15, 0.2) is 12.1 Å². The lowest BCUT2D eigenvalue weighted by molar-refractivity contribution is -0.135. The van der Waals surface area contributed by atoms with Crippen molar-refractivity contribution < 1.29 is 4.74 Å². The van der Waals surface area contributed by atoms with Gasteiger partial charge in [-0.25, -0.2) is 0 Å². The quantitative estimate of drug-likeness (QED) is 0.907. The monoisotopic (exact) mass is 271 g/mol. The van der Waals surface area contributed by atoms with Gasteiger partial charge in [-0.2, -0.15) is 0 Å². The van der Waals surface area contributed by atoms with Crippen molar-refractivity contribution in [2.24, 2.45) is 0 Å². The van der Waals surface area contributed by atoms with E-state index in [0.717, 1.165) is 23.9 Å². The molecule has 3 rings (SSSR count). The van der Waals surface area contributed by atoms with Gasteiger partial charge in [0.05, 0.1) is 9.94 Å². The van der Waals surface area contributed by atoms with E-state index < -0.39 is 0 Å². The summed E-state index contributed by atoms with van der Waals surface area (Å²) in [5.74, 6) is 0. The third kappa shape index (κ3) is 2.68. The van der Waals surface area contributed by atoms with Crippen LogP contribution >= 0.6 is 22.9 Å². The molecule has 1 aliphatic carbocycles. The average molecular weight is 272 g/mol.